The van der Waals surface area contributed by atoms with Crippen molar-refractivity contribution in [2.24, 2.45) is 0 Å². The van der Waals surface area contributed by atoms with E-state index in [0.717, 1.165) is 32.9 Å². The minimum Gasteiger partial charge on any atom is -0.468 e. The summed E-state index contributed by atoms with van der Waals surface area (Å²) in [7, 11) is 1.87. The summed E-state index contributed by atoms with van der Waals surface area (Å²) in [5.41, 5.74) is 1.06. The molecule has 0 spiro atoms. The van der Waals surface area contributed by atoms with Crippen LogP contribution in [0.2, 0.25) is 0 Å². The smallest absolute Gasteiger partial charge is 0.133 e. The highest BCUT2D eigenvalue weighted by Crippen LogP contribution is 2.33. The molecule has 90 valence electrons. The molecule has 1 N–H and O–H groups in total. The lowest BCUT2D eigenvalue weighted by molar-refractivity contribution is 0.527. The normalized spacial score (nSPS) is 10.6. The Labute approximate surface area is 105 Å². The molecule has 2 rings (SSSR count). The van der Waals surface area contributed by atoms with Gasteiger partial charge in [-0.3, -0.25) is 0 Å². The van der Waals surface area contributed by atoms with Gasteiger partial charge in [-0.1, -0.05) is 11.8 Å². The number of anilines is 1. The topological polar surface area (TPSA) is 51.0 Å². The molecule has 2 aromatic heterocycles. The fraction of sp³-hybridized carbons (Fsp3) is 0.333. The maximum atomic E-state index is 5.28. The summed E-state index contributed by atoms with van der Waals surface area (Å²) in [6.45, 7) is 5.86. The lowest BCUT2D eigenvalue weighted by atomic mass is 10.3. The highest BCUT2D eigenvalue weighted by Gasteiger charge is 2.11. The van der Waals surface area contributed by atoms with Crippen molar-refractivity contribution in [3.05, 3.63) is 29.5 Å². The van der Waals surface area contributed by atoms with Crippen molar-refractivity contribution in [2.45, 2.75) is 30.7 Å². The minimum atomic E-state index is 0.767. The van der Waals surface area contributed by atoms with Crippen LogP contribution in [-0.2, 0) is 0 Å². The Hall–Kier alpha value is -1.49. The Kier molecular flexibility index (Phi) is 3.38. The Morgan fingerprint density at radius 1 is 1.24 bits per heavy atom. The molecule has 0 amide bonds. The summed E-state index contributed by atoms with van der Waals surface area (Å²) in [5.74, 6) is 2.56. The summed E-state index contributed by atoms with van der Waals surface area (Å²) in [6, 6.07) is 1.95. The zero-order chi connectivity index (χ0) is 12.4. The van der Waals surface area contributed by atoms with Crippen LogP contribution >= 0.6 is 11.8 Å². The van der Waals surface area contributed by atoms with Gasteiger partial charge in [0, 0.05) is 12.6 Å². The quantitative estimate of drug-likeness (QED) is 0.847. The lowest BCUT2D eigenvalue weighted by Crippen LogP contribution is -2.01. The van der Waals surface area contributed by atoms with E-state index in [-0.39, 0.29) is 0 Å². The van der Waals surface area contributed by atoms with Gasteiger partial charge in [0.15, 0.2) is 0 Å². The van der Waals surface area contributed by atoms with Crippen LogP contribution in [0.25, 0.3) is 0 Å². The summed E-state index contributed by atoms with van der Waals surface area (Å²) in [5, 5.41) is 4.05. The first-order valence-corrected chi connectivity index (χ1v) is 6.18. The van der Waals surface area contributed by atoms with Crippen LogP contribution in [0.1, 0.15) is 17.1 Å². The summed E-state index contributed by atoms with van der Waals surface area (Å²) < 4.78 is 5.28. The van der Waals surface area contributed by atoms with Gasteiger partial charge in [0.05, 0.1) is 11.2 Å². The number of hydrogen-bond donors (Lipinski definition) is 1. The molecule has 17 heavy (non-hydrogen) atoms. The number of furan rings is 1. The number of rotatable bonds is 3. The van der Waals surface area contributed by atoms with Crippen LogP contribution in [0.4, 0.5) is 5.82 Å². The molecular weight excluding hydrogens is 234 g/mol. The van der Waals surface area contributed by atoms with Crippen LogP contribution in [0, 0.1) is 20.8 Å². The summed E-state index contributed by atoms with van der Waals surface area (Å²) >= 11 is 1.61. The van der Waals surface area contributed by atoms with Crippen molar-refractivity contribution in [1.29, 1.82) is 0 Å². The van der Waals surface area contributed by atoms with Gasteiger partial charge in [-0.05, 0) is 26.8 Å². The van der Waals surface area contributed by atoms with Gasteiger partial charge in [-0.2, -0.15) is 0 Å². The molecular formula is C12H15N3OS. The molecule has 0 saturated heterocycles. The number of aromatic nitrogens is 2. The van der Waals surface area contributed by atoms with Crippen molar-refractivity contribution < 1.29 is 4.42 Å². The first kappa shape index (κ1) is 12.0. The Balaban J connectivity index is 2.39. The second-order valence-electron chi connectivity index (χ2n) is 3.74. The van der Waals surface area contributed by atoms with E-state index in [1.165, 1.54) is 0 Å². The van der Waals surface area contributed by atoms with Crippen LogP contribution in [0.3, 0.4) is 0 Å². The van der Waals surface area contributed by atoms with E-state index in [0.29, 0.717) is 0 Å². The molecule has 0 saturated carbocycles. The fourth-order valence-corrected chi connectivity index (χ4v) is 2.48. The van der Waals surface area contributed by atoms with Crippen LogP contribution in [0.5, 0.6) is 0 Å². The van der Waals surface area contributed by atoms with Crippen LogP contribution in [-0.4, -0.2) is 17.0 Å². The third-order valence-electron chi connectivity index (χ3n) is 2.47. The number of nitrogens with one attached hydrogen (secondary N) is 1. The van der Waals surface area contributed by atoms with E-state index in [1.807, 2.05) is 33.9 Å². The largest absolute Gasteiger partial charge is 0.468 e. The van der Waals surface area contributed by atoms with E-state index in [4.69, 9.17) is 4.42 Å². The summed E-state index contributed by atoms with van der Waals surface area (Å²) in [4.78, 5) is 9.90. The van der Waals surface area contributed by atoms with Gasteiger partial charge in [0.2, 0.25) is 0 Å². The Bertz CT molecular complexity index is 537. The standard InChI is InChI=1S/C12H15N3OS/c1-7-11(13-4)14-9(3)15-12(7)17-10-5-6-16-8(10)2/h5-6H,1-4H3,(H,13,14,15). The molecule has 0 atom stereocenters. The maximum absolute atomic E-state index is 5.28. The predicted molar refractivity (Wildman–Crippen MR) is 68.6 cm³/mol. The van der Waals surface area contributed by atoms with Crippen molar-refractivity contribution in [3.63, 3.8) is 0 Å². The van der Waals surface area contributed by atoms with Crippen molar-refractivity contribution in [3.8, 4) is 0 Å². The molecule has 0 radical (unpaired) electrons. The third-order valence-corrected chi connectivity index (χ3v) is 3.70. The monoisotopic (exact) mass is 249 g/mol. The van der Waals surface area contributed by atoms with E-state index in [2.05, 4.69) is 15.3 Å². The highest BCUT2D eigenvalue weighted by atomic mass is 32.2. The van der Waals surface area contributed by atoms with Crippen molar-refractivity contribution >= 4 is 17.6 Å². The van der Waals surface area contributed by atoms with Gasteiger partial charge in [0.25, 0.3) is 0 Å². The zero-order valence-corrected chi connectivity index (χ0v) is 11.2. The lowest BCUT2D eigenvalue weighted by Gasteiger charge is -2.09. The first-order valence-electron chi connectivity index (χ1n) is 5.36. The molecule has 0 aliphatic rings. The maximum Gasteiger partial charge on any atom is 0.133 e. The van der Waals surface area contributed by atoms with Crippen LogP contribution in [0.15, 0.2) is 26.7 Å². The molecule has 2 heterocycles. The van der Waals surface area contributed by atoms with E-state index < -0.39 is 0 Å². The van der Waals surface area contributed by atoms with Gasteiger partial charge in [-0.25, -0.2) is 9.97 Å². The number of aryl methyl sites for hydroxylation is 2. The Morgan fingerprint density at radius 2 is 2.00 bits per heavy atom. The third kappa shape index (κ3) is 2.44. The van der Waals surface area contributed by atoms with Gasteiger partial charge in [-0.15, -0.1) is 0 Å². The second kappa shape index (κ2) is 4.79. The molecule has 0 aliphatic carbocycles. The van der Waals surface area contributed by atoms with Gasteiger partial charge < -0.3 is 9.73 Å². The average molecular weight is 249 g/mol. The van der Waals surface area contributed by atoms with Gasteiger partial charge >= 0.3 is 0 Å². The van der Waals surface area contributed by atoms with E-state index in [1.54, 1.807) is 18.0 Å². The second-order valence-corrected chi connectivity index (χ2v) is 4.77. The molecule has 5 heteroatoms. The van der Waals surface area contributed by atoms with E-state index >= 15 is 0 Å². The SMILES string of the molecule is CNc1nc(C)nc(Sc2ccoc2C)c1C. The number of nitrogens with zero attached hydrogens (tertiary/aromatic N) is 2. The molecule has 0 aromatic carbocycles. The predicted octanol–water partition coefficient (Wildman–Crippen LogP) is 3.19. The Morgan fingerprint density at radius 3 is 2.59 bits per heavy atom. The summed E-state index contributed by atoms with van der Waals surface area (Å²) in [6.07, 6.45) is 1.69. The minimum absolute atomic E-state index is 0.767. The molecule has 0 fully saturated rings. The number of hydrogen-bond acceptors (Lipinski definition) is 5. The molecule has 2 aromatic rings. The fourth-order valence-electron chi connectivity index (χ4n) is 1.53. The molecule has 0 bridgehead atoms. The van der Waals surface area contributed by atoms with Crippen molar-refractivity contribution in [1.82, 2.24) is 9.97 Å². The van der Waals surface area contributed by atoms with E-state index in [9.17, 15) is 0 Å². The molecule has 0 aliphatic heterocycles. The van der Waals surface area contributed by atoms with Crippen molar-refractivity contribution in [2.75, 3.05) is 12.4 Å². The zero-order valence-electron chi connectivity index (χ0n) is 10.4. The van der Waals surface area contributed by atoms with Gasteiger partial charge in [0.1, 0.15) is 22.4 Å². The molecule has 4 nitrogen and oxygen atoms in total. The molecule has 0 unspecified atom stereocenters. The van der Waals surface area contributed by atoms with Crippen LogP contribution < -0.4 is 5.32 Å². The first-order chi connectivity index (χ1) is 8.11. The highest BCUT2D eigenvalue weighted by molar-refractivity contribution is 7.99. The average Bonchev–Trinajstić information content (AvgIpc) is 2.69.